The van der Waals surface area contributed by atoms with Gasteiger partial charge in [-0.3, -0.25) is 4.79 Å². The molecule has 0 spiro atoms. The molecule has 0 unspecified atom stereocenters. The number of hydrogen-bond acceptors (Lipinski definition) is 5. The number of nitrogens with one attached hydrogen (secondary N) is 1. The summed E-state index contributed by atoms with van der Waals surface area (Å²) >= 11 is 0. The van der Waals surface area contributed by atoms with Crippen molar-refractivity contribution >= 4 is 11.9 Å². The maximum atomic E-state index is 12.5. The van der Waals surface area contributed by atoms with Crippen molar-refractivity contribution in [1.82, 2.24) is 10.2 Å². The third-order valence-electron chi connectivity index (χ3n) is 3.99. The SMILES string of the molecule is CCOC(=O)/C(C#N)=C/NCc1cccc(C(=O)N2CCCCC2)c1. The van der Waals surface area contributed by atoms with Crippen LogP contribution in [0.1, 0.15) is 42.1 Å². The first-order chi connectivity index (χ1) is 12.2. The van der Waals surface area contributed by atoms with Crippen molar-refractivity contribution in [2.45, 2.75) is 32.7 Å². The Morgan fingerprint density at radius 2 is 2.08 bits per heavy atom. The Kier molecular flexibility index (Phi) is 7.02. The Morgan fingerprint density at radius 3 is 2.76 bits per heavy atom. The van der Waals surface area contributed by atoms with Gasteiger partial charge in [-0.2, -0.15) is 5.26 Å². The largest absolute Gasteiger partial charge is 0.462 e. The van der Waals surface area contributed by atoms with Crippen LogP contribution >= 0.6 is 0 Å². The summed E-state index contributed by atoms with van der Waals surface area (Å²) < 4.78 is 4.80. The van der Waals surface area contributed by atoms with E-state index >= 15 is 0 Å². The number of ether oxygens (including phenoxy) is 1. The lowest BCUT2D eigenvalue weighted by molar-refractivity contribution is -0.138. The molecular weight excluding hydrogens is 318 g/mol. The molecule has 25 heavy (non-hydrogen) atoms. The molecule has 1 aromatic rings. The zero-order valence-corrected chi connectivity index (χ0v) is 14.5. The highest BCUT2D eigenvalue weighted by molar-refractivity contribution is 5.94. The van der Waals surface area contributed by atoms with Gasteiger partial charge in [-0.25, -0.2) is 4.79 Å². The first-order valence-electron chi connectivity index (χ1n) is 8.54. The van der Waals surface area contributed by atoms with Crippen LogP contribution in [0.25, 0.3) is 0 Å². The topological polar surface area (TPSA) is 82.4 Å². The monoisotopic (exact) mass is 341 g/mol. The molecule has 0 atom stereocenters. The lowest BCUT2D eigenvalue weighted by atomic mass is 10.1. The van der Waals surface area contributed by atoms with Crippen LogP contribution in [0.15, 0.2) is 36.0 Å². The summed E-state index contributed by atoms with van der Waals surface area (Å²) in [6.45, 7) is 3.94. The quantitative estimate of drug-likeness (QED) is 0.488. The summed E-state index contributed by atoms with van der Waals surface area (Å²) in [5.74, 6) is -0.590. The molecule has 6 heteroatoms. The Balaban J connectivity index is 1.98. The van der Waals surface area contributed by atoms with E-state index in [0.29, 0.717) is 12.1 Å². The third kappa shape index (κ3) is 5.35. The van der Waals surface area contributed by atoms with Crippen LogP contribution in [0, 0.1) is 11.3 Å². The van der Waals surface area contributed by atoms with E-state index in [4.69, 9.17) is 10.00 Å². The zero-order chi connectivity index (χ0) is 18.1. The van der Waals surface area contributed by atoms with Crippen LogP contribution in [0.4, 0.5) is 0 Å². The summed E-state index contributed by atoms with van der Waals surface area (Å²) in [5, 5.41) is 11.9. The van der Waals surface area contributed by atoms with Gasteiger partial charge in [0, 0.05) is 31.4 Å². The fourth-order valence-electron chi connectivity index (χ4n) is 2.71. The van der Waals surface area contributed by atoms with E-state index < -0.39 is 5.97 Å². The number of rotatable bonds is 6. The van der Waals surface area contributed by atoms with E-state index in [9.17, 15) is 9.59 Å². The van der Waals surface area contributed by atoms with E-state index in [2.05, 4.69) is 5.32 Å². The molecule has 1 aliphatic rings. The highest BCUT2D eigenvalue weighted by Gasteiger charge is 2.18. The molecule has 1 fully saturated rings. The van der Waals surface area contributed by atoms with E-state index in [1.54, 1.807) is 6.92 Å². The molecule has 0 radical (unpaired) electrons. The minimum absolute atomic E-state index is 0.0568. The Hall–Kier alpha value is -2.81. The van der Waals surface area contributed by atoms with E-state index in [1.807, 2.05) is 35.2 Å². The smallest absolute Gasteiger partial charge is 0.350 e. The Labute approximate surface area is 148 Å². The molecule has 0 aromatic heterocycles. The van der Waals surface area contributed by atoms with Crippen molar-refractivity contribution in [2.24, 2.45) is 0 Å². The van der Waals surface area contributed by atoms with Gasteiger partial charge in [-0.15, -0.1) is 0 Å². The van der Waals surface area contributed by atoms with Crippen molar-refractivity contribution in [2.75, 3.05) is 19.7 Å². The van der Waals surface area contributed by atoms with Crippen molar-refractivity contribution < 1.29 is 14.3 Å². The summed E-state index contributed by atoms with van der Waals surface area (Å²) in [7, 11) is 0. The molecule has 1 aliphatic heterocycles. The molecule has 1 aromatic carbocycles. The predicted molar refractivity (Wildman–Crippen MR) is 93.4 cm³/mol. The van der Waals surface area contributed by atoms with Crippen LogP contribution in [-0.4, -0.2) is 36.5 Å². The number of carbonyl (C=O) groups excluding carboxylic acids is 2. The normalized spacial score (nSPS) is 14.6. The van der Waals surface area contributed by atoms with E-state index in [1.165, 1.54) is 12.6 Å². The van der Waals surface area contributed by atoms with Crippen LogP contribution in [-0.2, 0) is 16.1 Å². The molecule has 1 saturated heterocycles. The number of esters is 1. The molecule has 132 valence electrons. The minimum Gasteiger partial charge on any atom is -0.462 e. The van der Waals surface area contributed by atoms with Crippen LogP contribution in [0.3, 0.4) is 0 Å². The van der Waals surface area contributed by atoms with Crippen LogP contribution in [0.5, 0.6) is 0 Å². The molecule has 1 N–H and O–H groups in total. The molecule has 6 nitrogen and oxygen atoms in total. The van der Waals surface area contributed by atoms with Crippen molar-refractivity contribution in [3.63, 3.8) is 0 Å². The third-order valence-corrected chi connectivity index (χ3v) is 3.99. The fourth-order valence-corrected chi connectivity index (χ4v) is 2.71. The van der Waals surface area contributed by atoms with Gasteiger partial charge >= 0.3 is 5.97 Å². The Bertz CT molecular complexity index is 685. The standard InChI is InChI=1S/C19H23N3O3/c1-2-25-19(24)17(12-20)14-21-13-15-7-6-8-16(11-15)18(23)22-9-4-3-5-10-22/h6-8,11,14,21H,2-5,9-10,13H2,1H3/b17-14+. The molecule has 1 heterocycles. The summed E-state index contributed by atoms with van der Waals surface area (Å²) in [6, 6.07) is 9.20. The van der Waals surface area contributed by atoms with Crippen molar-refractivity contribution in [1.29, 1.82) is 5.26 Å². The van der Waals surface area contributed by atoms with Gasteiger partial charge in [0.2, 0.25) is 0 Å². The molecule has 2 rings (SSSR count). The number of piperidine rings is 1. The van der Waals surface area contributed by atoms with E-state index in [0.717, 1.165) is 31.5 Å². The average molecular weight is 341 g/mol. The molecule has 0 aliphatic carbocycles. The second kappa shape index (κ2) is 9.48. The number of carbonyl (C=O) groups is 2. The fraction of sp³-hybridized carbons (Fsp3) is 0.421. The minimum atomic E-state index is -0.647. The number of nitrogens with zero attached hydrogens (tertiary/aromatic N) is 2. The van der Waals surface area contributed by atoms with Gasteiger partial charge in [-0.1, -0.05) is 12.1 Å². The Morgan fingerprint density at radius 1 is 1.32 bits per heavy atom. The number of likely N-dealkylation sites (tertiary alicyclic amines) is 1. The van der Waals surface area contributed by atoms with Gasteiger partial charge in [0.25, 0.3) is 5.91 Å². The second-order valence-corrected chi connectivity index (χ2v) is 5.82. The lowest BCUT2D eigenvalue weighted by Gasteiger charge is -2.26. The van der Waals surface area contributed by atoms with Gasteiger partial charge in [0.15, 0.2) is 5.57 Å². The van der Waals surface area contributed by atoms with Gasteiger partial charge in [0.05, 0.1) is 6.61 Å². The number of hydrogen-bond donors (Lipinski definition) is 1. The van der Waals surface area contributed by atoms with Crippen LogP contribution in [0.2, 0.25) is 0 Å². The highest BCUT2D eigenvalue weighted by Crippen LogP contribution is 2.14. The lowest BCUT2D eigenvalue weighted by Crippen LogP contribution is -2.35. The first-order valence-corrected chi connectivity index (χ1v) is 8.54. The predicted octanol–water partition coefficient (Wildman–Crippen LogP) is 2.37. The molecule has 0 saturated carbocycles. The van der Waals surface area contributed by atoms with Gasteiger partial charge in [-0.05, 0) is 43.9 Å². The van der Waals surface area contributed by atoms with Crippen molar-refractivity contribution in [3.8, 4) is 6.07 Å². The zero-order valence-electron chi connectivity index (χ0n) is 14.5. The first kappa shape index (κ1) is 18.5. The highest BCUT2D eigenvalue weighted by atomic mass is 16.5. The maximum absolute atomic E-state index is 12.5. The number of nitriles is 1. The van der Waals surface area contributed by atoms with Gasteiger partial charge < -0.3 is 15.0 Å². The van der Waals surface area contributed by atoms with E-state index in [-0.39, 0.29) is 18.1 Å². The van der Waals surface area contributed by atoms with Crippen LogP contribution < -0.4 is 5.32 Å². The summed E-state index contributed by atoms with van der Waals surface area (Å²) in [6.07, 6.45) is 4.64. The van der Waals surface area contributed by atoms with Gasteiger partial charge in [0.1, 0.15) is 6.07 Å². The summed E-state index contributed by atoms with van der Waals surface area (Å²) in [4.78, 5) is 26.0. The average Bonchev–Trinajstić information content (AvgIpc) is 2.65. The van der Waals surface area contributed by atoms with Crippen molar-refractivity contribution in [3.05, 3.63) is 47.2 Å². The number of amides is 1. The molecule has 0 bridgehead atoms. The second-order valence-electron chi connectivity index (χ2n) is 5.82. The summed E-state index contributed by atoms with van der Waals surface area (Å²) in [5.41, 5.74) is 1.48. The molecule has 1 amide bonds. The number of benzene rings is 1. The molecular formula is C19H23N3O3. The maximum Gasteiger partial charge on any atom is 0.350 e.